The van der Waals surface area contributed by atoms with Crippen molar-refractivity contribution in [1.29, 1.82) is 0 Å². The van der Waals surface area contributed by atoms with Crippen molar-refractivity contribution in [2.75, 3.05) is 0 Å². The Balaban J connectivity index is 2.33. The van der Waals surface area contributed by atoms with Gasteiger partial charge >= 0.3 is 0 Å². The number of amides is 1. The van der Waals surface area contributed by atoms with Crippen molar-refractivity contribution in [2.45, 2.75) is 33.2 Å². The van der Waals surface area contributed by atoms with Gasteiger partial charge in [0.2, 0.25) is 0 Å². The Labute approximate surface area is 99.9 Å². The summed E-state index contributed by atoms with van der Waals surface area (Å²) in [5, 5.41) is 10.9. The van der Waals surface area contributed by atoms with Crippen LogP contribution in [0.2, 0.25) is 0 Å². The lowest BCUT2D eigenvalue weighted by Crippen LogP contribution is -2.40. The second-order valence-corrected chi connectivity index (χ2v) is 5.09. The van der Waals surface area contributed by atoms with Crippen molar-refractivity contribution in [3.05, 3.63) is 29.7 Å². The van der Waals surface area contributed by atoms with Gasteiger partial charge in [-0.25, -0.2) is 0 Å². The van der Waals surface area contributed by atoms with Crippen molar-refractivity contribution in [3.8, 4) is 0 Å². The zero-order valence-electron chi connectivity index (χ0n) is 10.5. The molecule has 0 unspecified atom stereocenters. The van der Waals surface area contributed by atoms with Crippen molar-refractivity contribution in [1.82, 2.24) is 19.9 Å². The minimum Gasteiger partial charge on any atom is -0.347 e. The minimum atomic E-state index is -0.243. The Morgan fingerprint density at radius 3 is 2.71 bits per heavy atom. The number of hydrogen-bond acceptors (Lipinski definition) is 3. The van der Waals surface area contributed by atoms with E-state index in [1.54, 1.807) is 12.1 Å². The third-order valence-corrected chi connectivity index (χ3v) is 2.33. The molecule has 2 rings (SSSR count). The van der Waals surface area contributed by atoms with E-state index in [1.807, 2.05) is 38.3 Å². The van der Waals surface area contributed by atoms with E-state index in [0.717, 1.165) is 5.82 Å². The molecule has 2 aromatic rings. The van der Waals surface area contributed by atoms with E-state index in [2.05, 4.69) is 15.5 Å². The van der Waals surface area contributed by atoms with Gasteiger partial charge in [-0.3, -0.25) is 9.20 Å². The average Bonchev–Trinajstić information content (AvgIpc) is 2.57. The molecule has 0 saturated carbocycles. The fourth-order valence-electron chi connectivity index (χ4n) is 1.56. The van der Waals surface area contributed by atoms with Crippen molar-refractivity contribution >= 4 is 11.6 Å². The van der Waals surface area contributed by atoms with Crippen LogP contribution in [-0.4, -0.2) is 26.0 Å². The molecule has 0 aliphatic carbocycles. The molecule has 17 heavy (non-hydrogen) atoms. The van der Waals surface area contributed by atoms with Crippen LogP contribution in [0.5, 0.6) is 0 Å². The van der Waals surface area contributed by atoms with Crippen LogP contribution < -0.4 is 5.32 Å². The number of rotatable bonds is 1. The maximum absolute atomic E-state index is 11.9. The number of carbonyl (C=O) groups excluding carboxylic acids is 1. The highest BCUT2D eigenvalue weighted by Gasteiger charge is 2.15. The zero-order valence-corrected chi connectivity index (χ0v) is 10.5. The van der Waals surface area contributed by atoms with E-state index in [-0.39, 0.29) is 11.4 Å². The Morgan fingerprint density at radius 1 is 1.35 bits per heavy atom. The molecular formula is C12H16N4O. The van der Waals surface area contributed by atoms with E-state index in [1.165, 1.54) is 0 Å². The van der Waals surface area contributed by atoms with Gasteiger partial charge in [-0.05, 0) is 39.8 Å². The van der Waals surface area contributed by atoms with Gasteiger partial charge in [0.15, 0.2) is 5.65 Å². The number of aryl methyl sites for hydroxylation is 1. The maximum atomic E-state index is 11.9. The molecule has 2 aromatic heterocycles. The van der Waals surface area contributed by atoms with Gasteiger partial charge in [0.05, 0.1) is 0 Å². The first kappa shape index (κ1) is 11.6. The number of hydrogen-bond donors (Lipinski definition) is 1. The molecule has 90 valence electrons. The van der Waals surface area contributed by atoms with E-state index in [0.29, 0.717) is 11.2 Å². The summed E-state index contributed by atoms with van der Waals surface area (Å²) in [5.74, 6) is 0.712. The van der Waals surface area contributed by atoms with Crippen LogP contribution in [0.1, 0.15) is 37.0 Å². The zero-order chi connectivity index (χ0) is 12.6. The molecule has 0 bridgehead atoms. The summed E-state index contributed by atoms with van der Waals surface area (Å²) >= 11 is 0. The molecule has 0 aliphatic heterocycles. The van der Waals surface area contributed by atoms with Crippen molar-refractivity contribution < 1.29 is 4.79 Å². The lowest BCUT2D eigenvalue weighted by molar-refractivity contribution is 0.0919. The number of pyridine rings is 1. The van der Waals surface area contributed by atoms with Gasteiger partial charge in [-0.1, -0.05) is 0 Å². The molecule has 1 N–H and O–H groups in total. The van der Waals surface area contributed by atoms with Crippen molar-refractivity contribution in [3.63, 3.8) is 0 Å². The lowest BCUT2D eigenvalue weighted by Gasteiger charge is -2.20. The molecular weight excluding hydrogens is 216 g/mol. The van der Waals surface area contributed by atoms with E-state index < -0.39 is 0 Å². The SMILES string of the molecule is Cc1nnc2cc(C(=O)NC(C)(C)C)ccn12. The van der Waals surface area contributed by atoms with E-state index in [4.69, 9.17) is 0 Å². The molecule has 0 aliphatic rings. The highest BCUT2D eigenvalue weighted by atomic mass is 16.1. The van der Waals surface area contributed by atoms with E-state index in [9.17, 15) is 4.79 Å². The largest absolute Gasteiger partial charge is 0.347 e. The third-order valence-electron chi connectivity index (χ3n) is 2.33. The molecule has 0 spiro atoms. The topological polar surface area (TPSA) is 59.3 Å². The Bertz CT molecular complexity index is 565. The first-order chi connectivity index (χ1) is 7.87. The summed E-state index contributed by atoms with van der Waals surface area (Å²) < 4.78 is 1.84. The molecule has 0 aromatic carbocycles. The van der Waals surface area contributed by atoms with Crippen LogP contribution >= 0.6 is 0 Å². The Kier molecular flexibility index (Phi) is 2.61. The molecule has 5 nitrogen and oxygen atoms in total. The average molecular weight is 232 g/mol. The predicted octanol–water partition coefficient (Wildman–Crippen LogP) is 1.57. The summed E-state index contributed by atoms with van der Waals surface area (Å²) in [7, 11) is 0. The molecule has 5 heteroatoms. The second kappa shape index (κ2) is 3.84. The Morgan fingerprint density at radius 2 is 2.06 bits per heavy atom. The quantitative estimate of drug-likeness (QED) is 0.811. The highest BCUT2D eigenvalue weighted by Crippen LogP contribution is 2.08. The first-order valence-electron chi connectivity index (χ1n) is 5.51. The van der Waals surface area contributed by atoms with Crippen LogP contribution in [0.25, 0.3) is 5.65 Å². The lowest BCUT2D eigenvalue weighted by atomic mass is 10.1. The van der Waals surface area contributed by atoms with Gasteiger partial charge in [-0.15, -0.1) is 10.2 Å². The number of carbonyl (C=O) groups is 1. The van der Waals surface area contributed by atoms with Crippen molar-refractivity contribution in [2.24, 2.45) is 0 Å². The van der Waals surface area contributed by atoms with Crippen LogP contribution in [0.3, 0.4) is 0 Å². The van der Waals surface area contributed by atoms with Crippen LogP contribution in [0, 0.1) is 6.92 Å². The predicted molar refractivity (Wildman–Crippen MR) is 64.9 cm³/mol. The maximum Gasteiger partial charge on any atom is 0.251 e. The molecule has 0 fully saturated rings. The summed E-state index contributed by atoms with van der Waals surface area (Å²) in [5.41, 5.74) is 1.04. The normalized spacial score (nSPS) is 11.8. The van der Waals surface area contributed by atoms with Crippen LogP contribution in [-0.2, 0) is 0 Å². The summed E-state index contributed by atoms with van der Waals surface area (Å²) in [6.07, 6.45) is 1.81. The minimum absolute atomic E-state index is 0.0966. The number of nitrogens with zero attached hydrogens (tertiary/aromatic N) is 3. The number of aromatic nitrogens is 3. The second-order valence-electron chi connectivity index (χ2n) is 5.09. The Hall–Kier alpha value is -1.91. The van der Waals surface area contributed by atoms with Gasteiger partial charge < -0.3 is 5.32 Å². The van der Waals surface area contributed by atoms with Crippen LogP contribution in [0.4, 0.5) is 0 Å². The molecule has 0 saturated heterocycles. The summed E-state index contributed by atoms with van der Waals surface area (Å²) in [6, 6.07) is 3.51. The third kappa shape index (κ3) is 2.43. The molecule has 0 radical (unpaired) electrons. The van der Waals surface area contributed by atoms with Crippen LogP contribution in [0.15, 0.2) is 18.3 Å². The fourth-order valence-corrected chi connectivity index (χ4v) is 1.56. The smallest absolute Gasteiger partial charge is 0.251 e. The highest BCUT2D eigenvalue weighted by molar-refractivity contribution is 5.95. The van der Waals surface area contributed by atoms with Gasteiger partial charge in [0.1, 0.15) is 5.82 Å². The molecule has 1 amide bonds. The van der Waals surface area contributed by atoms with E-state index >= 15 is 0 Å². The monoisotopic (exact) mass is 232 g/mol. The number of fused-ring (bicyclic) bond motifs is 1. The van der Waals surface area contributed by atoms with Gasteiger partial charge in [0, 0.05) is 17.3 Å². The fraction of sp³-hybridized carbons (Fsp3) is 0.417. The van der Waals surface area contributed by atoms with Gasteiger partial charge in [-0.2, -0.15) is 0 Å². The summed E-state index contributed by atoms with van der Waals surface area (Å²) in [4.78, 5) is 11.9. The molecule has 2 heterocycles. The van der Waals surface area contributed by atoms with Gasteiger partial charge in [0.25, 0.3) is 5.91 Å². The standard InChI is InChI=1S/C12H16N4O/c1-8-14-15-10-7-9(5-6-16(8)10)11(17)13-12(2,3)4/h5-7H,1-4H3,(H,13,17). The molecule has 0 atom stereocenters. The summed E-state index contributed by atoms with van der Waals surface area (Å²) in [6.45, 7) is 7.72. The first-order valence-corrected chi connectivity index (χ1v) is 5.51. The number of nitrogens with one attached hydrogen (secondary N) is 1.